The monoisotopic (exact) mass is 369 g/mol. The molecule has 6 nitrogen and oxygen atoms in total. The van der Waals surface area contributed by atoms with Gasteiger partial charge in [-0.3, -0.25) is 9.78 Å². The van der Waals surface area contributed by atoms with E-state index in [1.165, 1.54) is 0 Å². The van der Waals surface area contributed by atoms with Crippen molar-refractivity contribution >= 4 is 32.5 Å². The zero-order valence-corrected chi connectivity index (χ0v) is 15.3. The number of anilines is 1. The van der Waals surface area contributed by atoms with E-state index in [4.69, 9.17) is 5.14 Å². The maximum absolute atomic E-state index is 12.7. The highest BCUT2D eigenvalue weighted by Gasteiger charge is 2.13. The van der Waals surface area contributed by atoms with E-state index < -0.39 is 10.0 Å². The lowest BCUT2D eigenvalue weighted by Gasteiger charge is -2.10. The lowest BCUT2D eigenvalue weighted by Crippen LogP contribution is -2.16. The highest BCUT2D eigenvalue weighted by Crippen LogP contribution is 2.20. The molecule has 0 bridgehead atoms. The molecule has 26 heavy (non-hydrogen) atoms. The van der Waals surface area contributed by atoms with E-state index >= 15 is 0 Å². The van der Waals surface area contributed by atoms with Gasteiger partial charge in [0.1, 0.15) is 0 Å². The van der Waals surface area contributed by atoms with Gasteiger partial charge in [0.05, 0.1) is 22.5 Å². The predicted octanol–water partition coefficient (Wildman–Crippen LogP) is 2.89. The number of aromatic nitrogens is 1. The van der Waals surface area contributed by atoms with Gasteiger partial charge >= 0.3 is 0 Å². The van der Waals surface area contributed by atoms with E-state index in [0.29, 0.717) is 22.5 Å². The van der Waals surface area contributed by atoms with Crippen LogP contribution in [0.1, 0.15) is 27.2 Å². The Bertz CT molecular complexity index is 1110. The summed E-state index contributed by atoms with van der Waals surface area (Å²) in [4.78, 5) is 17.2. The third-order valence-corrected chi connectivity index (χ3v) is 4.69. The van der Waals surface area contributed by atoms with Crippen LogP contribution in [0.15, 0.2) is 48.5 Å². The fraction of sp³-hybridized carbons (Fsp3) is 0.158. The molecule has 2 aromatic carbocycles. The van der Waals surface area contributed by atoms with E-state index in [0.717, 1.165) is 16.5 Å². The summed E-state index contributed by atoms with van der Waals surface area (Å²) in [5.41, 5.74) is 4.03. The lowest BCUT2D eigenvalue weighted by molar-refractivity contribution is 0.102. The molecule has 0 atom stereocenters. The molecule has 1 heterocycles. The van der Waals surface area contributed by atoms with Crippen LogP contribution in [0.5, 0.6) is 0 Å². The van der Waals surface area contributed by atoms with Gasteiger partial charge in [-0.2, -0.15) is 0 Å². The first-order valence-electron chi connectivity index (χ1n) is 8.00. The molecule has 1 amide bonds. The Labute approximate surface area is 152 Å². The molecule has 7 heteroatoms. The van der Waals surface area contributed by atoms with Crippen molar-refractivity contribution in [2.75, 3.05) is 5.32 Å². The smallest absolute Gasteiger partial charge is 0.257 e. The SMILES string of the molecule is Cc1ccc2nc(C)c(C(=O)Nc3cccc(CS(N)(=O)=O)c3)cc2c1. The van der Waals surface area contributed by atoms with Crippen molar-refractivity contribution in [1.29, 1.82) is 0 Å². The first-order valence-corrected chi connectivity index (χ1v) is 9.71. The zero-order chi connectivity index (χ0) is 18.9. The maximum atomic E-state index is 12.7. The van der Waals surface area contributed by atoms with Gasteiger partial charge in [-0.15, -0.1) is 0 Å². The summed E-state index contributed by atoms with van der Waals surface area (Å²) in [6.45, 7) is 3.77. The molecule has 0 aliphatic heterocycles. The van der Waals surface area contributed by atoms with Crippen LogP contribution in [-0.2, 0) is 15.8 Å². The average molecular weight is 369 g/mol. The molecular formula is C19H19N3O3S. The molecule has 0 saturated carbocycles. The molecule has 134 valence electrons. The fourth-order valence-corrected chi connectivity index (χ4v) is 3.44. The van der Waals surface area contributed by atoms with Crippen LogP contribution in [0.25, 0.3) is 10.9 Å². The van der Waals surface area contributed by atoms with Crippen molar-refractivity contribution in [3.63, 3.8) is 0 Å². The van der Waals surface area contributed by atoms with Gasteiger partial charge in [0.25, 0.3) is 5.91 Å². The number of pyridine rings is 1. The predicted molar refractivity (Wildman–Crippen MR) is 102 cm³/mol. The Morgan fingerprint density at radius 1 is 1.12 bits per heavy atom. The van der Waals surface area contributed by atoms with Gasteiger partial charge in [0.15, 0.2) is 0 Å². The number of primary sulfonamides is 1. The second-order valence-electron chi connectivity index (χ2n) is 6.28. The lowest BCUT2D eigenvalue weighted by atomic mass is 10.1. The number of carbonyl (C=O) groups is 1. The van der Waals surface area contributed by atoms with Crippen LogP contribution in [-0.4, -0.2) is 19.3 Å². The molecular weight excluding hydrogens is 350 g/mol. The van der Waals surface area contributed by atoms with Gasteiger partial charge in [-0.25, -0.2) is 13.6 Å². The quantitative estimate of drug-likeness (QED) is 0.738. The molecule has 0 aliphatic rings. The van der Waals surface area contributed by atoms with Gasteiger partial charge < -0.3 is 5.32 Å². The van der Waals surface area contributed by atoms with Crippen LogP contribution >= 0.6 is 0 Å². The number of nitrogens with two attached hydrogens (primary N) is 1. The highest BCUT2D eigenvalue weighted by atomic mass is 32.2. The third kappa shape index (κ3) is 4.25. The second kappa shape index (κ2) is 6.86. The maximum Gasteiger partial charge on any atom is 0.257 e. The molecule has 3 aromatic rings. The summed E-state index contributed by atoms with van der Waals surface area (Å²) in [6.07, 6.45) is 0. The molecule has 3 rings (SSSR count). The van der Waals surface area contributed by atoms with Gasteiger partial charge in [-0.1, -0.05) is 23.8 Å². The molecule has 0 saturated heterocycles. The summed E-state index contributed by atoms with van der Waals surface area (Å²) < 4.78 is 22.5. The van der Waals surface area contributed by atoms with Crippen molar-refractivity contribution in [3.8, 4) is 0 Å². The van der Waals surface area contributed by atoms with Crippen LogP contribution in [0.3, 0.4) is 0 Å². The number of hydrogen-bond acceptors (Lipinski definition) is 4. The third-order valence-electron chi connectivity index (χ3n) is 3.96. The number of amides is 1. The van der Waals surface area contributed by atoms with E-state index in [9.17, 15) is 13.2 Å². The minimum absolute atomic E-state index is 0.285. The van der Waals surface area contributed by atoms with Crippen LogP contribution in [0, 0.1) is 13.8 Å². The standard InChI is InChI=1S/C19H19N3O3S/c1-12-6-7-18-15(8-12)10-17(13(2)21-18)19(23)22-16-5-3-4-14(9-16)11-26(20,24)25/h3-10H,11H2,1-2H3,(H,22,23)(H2,20,24,25). The van der Waals surface area contributed by atoms with E-state index in [1.807, 2.05) is 31.2 Å². The Morgan fingerprint density at radius 2 is 1.88 bits per heavy atom. The number of sulfonamides is 1. The normalized spacial score (nSPS) is 11.5. The molecule has 1 aromatic heterocycles. The molecule has 0 radical (unpaired) electrons. The van der Waals surface area contributed by atoms with E-state index in [1.54, 1.807) is 31.2 Å². The Balaban J connectivity index is 1.89. The number of fused-ring (bicyclic) bond motifs is 1. The van der Waals surface area contributed by atoms with Gasteiger partial charge in [0.2, 0.25) is 10.0 Å². The van der Waals surface area contributed by atoms with Crippen LogP contribution < -0.4 is 10.5 Å². The first kappa shape index (κ1) is 18.0. The van der Waals surface area contributed by atoms with E-state index in [2.05, 4.69) is 10.3 Å². The number of rotatable bonds is 4. The summed E-state index contributed by atoms with van der Waals surface area (Å²) in [5, 5.41) is 8.75. The first-order chi connectivity index (χ1) is 12.2. The second-order valence-corrected chi connectivity index (χ2v) is 7.89. The Kier molecular flexibility index (Phi) is 4.76. The zero-order valence-electron chi connectivity index (χ0n) is 14.5. The highest BCUT2D eigenvalue weighted by molar-refractivity contribution is 7.88. The van der Waals surface area contributed by atoms with Crippen molar-refractivity contribution in [3.05, 3.63) is 70.9 Å². The van der Waals surface area contributed by atoms with Crippen molar-refractivity contribution in [2.45, 2.75) is 19.6 Å². The Morgan fingerprint density at radius 3 is 2.62 bits per heavy atom. The number of benzene rings is 2. The number of nitrogens with zero attached hydrogens (tertiary/aromatic N) is 1. The molecule has 0 spiro atoms. The van der Waals surface area contributed by atoms with Gasteiger partial charge in [-0.05, 0) is 49.7 Å². The van der Waals surface area contributed by atoms with Crippen LogP contribution in [0.2, 0.25) is 0 Å². The number of aryl methyl sites for hydroxylation is 2. The summed E-state index contributed by atoms with van der Waals surface area (Å²) in [7, 11) is -3.63. The van der Waals surface area contributed by atoms with Crippen molar-refractivity contribution in [2.24, 2.45) is 5.14 Å². The molecule has 0 fully saturated rings. The van der Waals surface area contributed by atoms with Crippen LogP contribution in [0.4, 0.5) is 5.69 Å². The fourth-order valence-electron chi connectivity index (χ4n) is 2.79. The van der Waals surface area contributed by atoms with E-state index in [-0.39, 0.29) is 11.7 Å². The summed E-state index contributed by atoms with van der Waals surface area (Å²) in [6, 6.07) is 14.3. The van der Waals surface area contributed by atoms with Crippen molar-refractivity contribution < 1.29 is 13.2 Å². The average Bonchev–Trinajstić information content (AvgIpc) is 2.53. The minimum atomic E-state index is -3.63. The topological polar surface area (TPSA) is 102 Å². The molecule has 3 N–H and O–H groups in total. The number of nitrogens with one attached hydrogen (secondary N) is 1. The number of carbonyl (C=O) groups excluding carboxylic acids is 1. The summed E-state index contributed by atoms with van der Waals surface area (Å²) in [5.74, 6) is -0.585. The molecule has 0 aliphatic carbocycles. The minimum Gasteiger partial charge on any atom is -0.322 e. The summed E-state index contributed by atoms with van der Waals surface area (Å²) >= 11 is 0. The molecule has 0 unspecified atom stereocenters. The number of hydrogen-bond donors (Lipinski definition) is 2. The van der Waals surface area contributed by atoms with Gasteiger partial charge in [0, 0.05) is 11.1 Å². The largest absolute Gasteiger partial charge is 0.322 e. The Hall–Kier alpha value is -2.77. The van der Waals surface area contributed by atoms with Crippen molar-refractivity contribution in [1.82, 2.24) is 4.98 Å².